The van der Waals surface area contributed by atoms with Gasteiger partial charge in [0.15, 0.2) is 0 Å². The van der Waals surface area contributed by atoms with Crippen LogP contribution in [0.1, 0.15) is 43.8 Å². The maximum absolute atomic E-state index is 6.07. The largest absolute Gasteiger partial charge is 0.314 e. The average Bonchev–Trinajstić information content (AvgIpc) is 2.89. The van der Waals surface area contributed by atoms with E-state index >= 15 is 0 Å². The van der Waals surface area contributed by atoms with Gasteiger partial charge in [-0.2, -0.15) is 0 Å². The summed E-state index contributed by atoms with van der Waals surface area (Å²) in [6, 6.07) is 7.80. The first-order valence-corrected chi connectivity index (χ1v) is 7.93. The molecule has 1 heterocycles. The van der Waals surface area contributed by atoms with Crippen molar-refractivity contribution in [2.24, 2.45) is 7.05 Å². The summed E-state index contributed by atoms with van der Waals surface area (Å²) in [4.78, 5) is 2.03. The second-order valence-electron chi connectivity index (χ2n) is 5.79. The lowest BCUT2D eigenvalue weighted by Gasteiger charge is -2.22. The van der Waals surface area contributed by atoms with Gasteiger partial charge in [0.2, 0.25) is 5.95 Å². The maximum atomic E-state index is 6.07. The van der Waals surface area contributed by atoms with Crippen LogP contribution in [0.2, 0.25) is 5.02 Å². The molecule has 0 bridgehead atoms. The quantitative estimate of drug-likeness (QED) is 0.848. The van der Waals surface area contributed by atoms with Gasteiger partial charge in [0.25, 0.3) is 0 Å². The van der Waals surface area contributed by atoms with Gasteiger partial charge in [0.1, 0.15) is 5.82 Å². The van der Waals surface area contributed by atoms with Crippen molar-refractivity contribution in [3.05, 3.63) is 35.1 Å². The van der Waals surface area contributed by atoms with Gasteiger partial charge in [0, 0.05) is 30.7 Å². The number of hydrogen-bond acceptors (Lipinski definition) is 3. The van der Waals surface area contributed by atoms with E-state index in [1.807, 2.05) is 36.2 Å². The summed E-state index contributed by atoms with van der Waals surface area (Å²) in [6.45, 7) is 0. The van der Waals surface area contributed by atoms with Gasteiger partial charge in [-0.05, 0) is 31.0 Å². The van der Waals surface area contributed by atoms with Crippen molar-refractivity contribution in [2.75, 3.05) is 11.9 Å². The normalized spacial score (nSPS) is 16.1. The molecule has 112 valence electrons. The Bertz CT molecular complexity index is 616. The third-order valence-corrected chi connectivity index (χ3v) is 4.59. The fraction of sp³-hybridized carbons (Fsp3) is 0.500. The average molecular weight is 305 g/mol. The smallest absolute Gasteiger partial charge is 0.231 e. The lowest BCUT2D eigenvalue weighted by atomic mass is 9.89. The minimum Gasteiger partial charge on any atom is -0.314 e. The molecule has 0 aliphatic heterocycles. The highest BCUT2D eigenvalue weighted by Gasteiger charge is 2.23. The van der Waals surface area contributed by atoms with Crippen LogP contribution in [-0.4, -0.2) is 21.8 Å². The van der Waals surface area contributed by atoms with Crippen LogP contribution in [-0.2, 0) is 7.05 Å². The van der Waals surface area contributed by atoms with Crippen LogP contribution in [0.25, 0.3) is 0 Å². The van der Waals surface area contributed by atoms with Gasteiger partial charge < -0.3 is 4.90 Å². The van der Waals surface area contributed by atoms with Crippen molar-refractivity contribution in [3.63, 3.8) is 0 Å². The Morgan fingerprint density at radius 3 is 2.67 bits per heavy atom. The number of nitrogens with zero attached hydrogens (tertiary/aromatic N) is 4. The predicted molar refractivity (Wildman–Crippen MR) is 86.3 cm³/mol. The molecule has 1 fully saturated rings. The van der Waals surface area contributed by atoms with Gasteiger partial charge in [-0.25, -0.2) is 0 Å². The fourth-order valence-corrected chi connectivity index (χ4v) is 3.33. The molecule has 1 aromatic heterocycles. The highest BCUT2D eigenvalue weighted by Crippen LogP contribution is 2.33. The van der Waals surface area contributed by atoms with Crippen LogP contribution in [0.3, 0.4) is 0 Å². The third kappa shape index (κ3) is 2.91. The van der Waals surface area contributed by atoms with Crippen LogP contribution in [0.4, 0.5) is 11.6 Å². The molecule has 4 nitrogen and oxygen atoms in total. The highest BCUT2D eigenvalue weighted by molar-refractivity contribution is 6.30. The lowest BCUT2D eigenvalue weighted by molar-refractivity contribution is 0.420. The van der Waals surface area contributed by atoms with Crippen molar-refractivity contribution < 1.29 is 0 Å². The van der Waals surface area contributed by atoms with Crippen molar-refractivity contribution in [1.82, 2.24) is 14.8 Å². The molecular formula is C16H21ClN4. The summed E-state index contributed by atoms with van der Waals surface area (Å²) in [7, 11) is 4.06. The number of rotatable bonds is 3. The second kappa shape index (κ2) is 6.06. The van der Waals surface area contributed by atoms with E-state index in [2.05, 4.69) is 21.8 Å². The molecule has 0 atom stereocenters. The molecule has 1 aliphatic carbocycles. The van der Waals surface area contributed by atoms with E-state index in [0.717, 1.165) is 22.5 Å². The minimum atomic E-state index is 0.553. The van der Waals surface area contributed by atoms with Gasteiger partial charge in [-0.3, -0.25) is 4.57 Å². The number of halogens is 1. The molecule has 3 rings (SSSR count). The first kappa shape index (κ1) is 14.4. The molecule has 1 aromatic carbocycles. The number of anilines is 2. The van der Waals surface area contributed by atoms with E-state index in [4.69, 9.17) is 11.6 Å². The van der Waals surface area contributed by atoms with Gasteiger partial charge in [-0.1, -0.05) is 36.9 Å². The van der Waals surface area contributed by atoms with Crippen molar-refractivity contribution in [1.29, 1.82) is 0 Å². The molecule has 0 saturated heterocycles. The monoisotopic (exact) mass is 304 g/mol. The lowest BCUT2D eigenvalue weighted by Crippen LogP contribution is -2.16. The number of hydrogen-bond donors (Lipinski definition) is 0. The van der Waals surface area contributed by atoms with Crippen LogP contribution in [0.5, 0.6) is 0 Å². The SMILES string of the molecule is CN(c1cccc(Cl)c1)c1nnc(C2CCCCC2)n1C. The second-order valence-corrected chi connectivity index (χ2v) is 6.23. The molecule has 0 unspecified atom stereocenters. The summed E-state index contributed by atoms with van der Waals surface area (Å²) < 4.78 is 2.12. The van der Waals surface area contributed by atoms with Crippen molar-refractivity contribution in [2.45, 2.75) is 38.0 Å². The predicted octanol–water partition coefficient (Wildman–Crippen LogP) is 4.28. The Morgan fingerprint density at radius 1 is 1.19 bits per heavy atom. The summed E-state index contributed by atoms with van der Waals surface area (Å²) >= 11 is 6.07. The molecule has 0 amide bonds. The van der Waals surface area contributed by atoms with Crippen LogP contribution >= 0.6 is 11.6 Å². The zero-order valence-corrected chi connectivity index (χ0v) is 13.3. The Hall–Kier alpha value is -1.55. The van der Waals surface area contributed by atoms with E-state index in [1.165, 1.54) is 32.1 Å². The molecule has 21 heavy (non-hydrogen) atoms. The topological polar surface area (TPSA) is 34.0 Å². The van der Waals surface area contributed by atoms with E-state index < -0.39 is 0 Å². The number of benzene rings is 1. The Kier molecular flexibility index (Phi) is 4.15. The van der Waals surface area contributed by atoms with Crippen molar-refractivity contribution >= 4 is 23.2 Å². The zero-order valence-electron chi connectivity index (χ0n) is 12.6. The van der Waals surface area contributed by atoms with Crippen LogP contribution in [0.15, 0.2) is 24.3 Å². The van der Waals surface area contributed by atoms with Crippen molar-refractivity contribution in [3.8, 4) is 0 Å². The first-order chi connectivity index (χ1) is 10.2. The third-order valence-electron chi connectivity index (χ3n) is 4.35. The summed E-state index contributed by atoms with van der Waals surface area (Å²) in [5.74, 6) is 2.52. The molecule has 0 N–H and O–H groups in total. The molecule has 2 aromatic rings. The van der Waals surface area contributed by atoms with E-state index in [0.29, 0.717) is 5.92 Å². The van der Waals surface area contributed by atoms with Crippen LogP contribution < -0.4 is 4.90 Å². The highest BCUT2D eigenvalue weighted by atomic mass is 35.5. The summed E-state index contributed by atoms with van der Waals surface area (Å²) in [6.07, 6.45) is 6.41. The molecule has 1 aliphatic rings. The standard InChI is InChI=1S/C16H21ClN4/c1-20(14-10-6-9-13(17)11-14)16-19-18-15(21(16)2)12-7-4-3-5-8-12/h6,9-12H,3-5,7-8H2,1-2H3. The zero-order chi connectivity index (χ0) is 14.8. The van der Waals surface area contributed by atoms with E-state index in [9.17, 15) is 0 Å². The van der Waals surface area contributed by atoms with Gasteiger partial charge >= 0.3 is 0 Å². The van der Waals surface area contributed by atoms with Gasteiger partial charge in [0.05, 0.1) is 0 Å². The Morgan fingerprint density at radius 2 is 1.95 bits per heavy atom. The Balaban J connectivity index is 1.87. The Labute approximate surface area is 130 Å². The maximum Gasteiger partial charge on any atom is 0.231 e. The summed E-state index contributed by atoms with van der Waals surface area (Å²) in [5, 5.41) is 9.57. The number of aromatic nitrogens is 3. The molecular weight excluding hydrogens is 284 g/mol. The first-order valence-electron chi connectivity index (χ1n) is 7.55. The van der Waals surface area contributed by atoms with Gasteiger partial charge in [-0.15, -0.1) is 10.2 Å². The molecule has 0 spiro atoms. The van der Waals surface area contributed by atoms with E-state index in [-0.39, 0.29) is 0 Å². The minimum absolute atomic E-state index is 0.553. The fourth-order valence-electron chi connectivity index (χ4n) is 3.14. The molecule has 5 heteroatoms. The summed E-state index contributed by atoms with van der Waals surface area (Å²) in [5.41, 5.74) is 1.02. The molecule has 0 radical (unpaired) electrons. The van der Waals surface area contributed by atoms with Crippen LogP contribution in [0, 0.1) is 0 Å². The van der Waals surface area contributed by atoms with E-state index in [1.54, 1.807) is 0 Å². The molecule has 1 saturated carbocycles.